The fourth-order valence-corrected chi connectivity index (χ4v) is 4.99. The summed E-state index contributed by atoms with van der Waals surface area (Å²) in [6, 6.07) is 15.9. The van der Waals surface area contributed by atoms with E-state index in [1.54, 1.807) is 18.2 Å². The number of carbonyl (C=O) groups is 1. The Labute approximate surface area is 179 Å². The Kier molecular flexibility index (Phi) is 6.10. The van der Waals surface area contributed by atoms with Crippen molar-refractivity contribution in [2.24, 2.45) is 10.9 Å². The molecule has 0 bridgehead atoms. The first-order valence-corrected chi connectivity index (χ1v) is 10.9. The lowest BCUT2D eigenvalue weighted by atomic mass is 9.90. The fourth-order valence-electron chi connectivity index (χ4n) is 3.57. The van der Waals surface area contributed by atoms with Crippen LogP contribution in [0.1, 0.15) is 24.0 Å². The number of hydrogen-bond donors (Lipinski definition) is 0. The maximum atomic E-state index is 12.3. The number of nitrogens with zero attached hydrogens (tertiary/aromatic N) is 2. The molecule has 0 aromatic heterocycles. The third kappa shape index (κ3) is 4.62. The monoisotopic (exact) mass is 430 g/mol. The van der Waals surface area contributed by atoms with Crippen LogP contribution in [0, 0.1) is 5.92 Å². The van der Waals surface area contributed by atoms with Crippen LogP contribution in [0.4, 0.5) is 0 Å². The van der Waals surface area contributed by atoms with Crippen molar-refractivity contribution < 1.29 is 4.79 Å². The molecular formula is C22H20Cl2N2OS. The molecule has 1 fully saturated rings. The second kappa shape index (κ2) is 8.73. The van der Waals surface area contributed by atoms with E-state index in [-0.39, 0.29) is 5.91 Å². The van der Waals surface area contributed by atoms with Crippen LogP contribution in [0.25, 0.3) is 6.08 Å². The second-order valence-corrected chi connectivity index (χ2v) is 8.95. The third-order valence-electron chi connectivity index (χ3n) is 5.11. The topological polar surface area (TPSA) is 32.7 Å². The van der Waals surface area contributed by atoms with Gasteiger partial charge in [-0.2, -0.15) is 4.99 Å². The molecule has 144 valence electrons. The van der Waals surface area contributed by atoms with Crippen molar-refractivity contribution in [3.63, 3.8) is 0 Å². The van der Waals surface area contributed by atoms with Gasteiger partial charge in [0.05, 0.1) is 4.91 Å². The van der Waals surface area contributed by atoms with E-state index in [0.717, 1.165) is 43.1 Å². The summed E-state index contributed by atoms with van der Waals surface area (Å²) >= 11 is 13.6. The van der Waals surface area contributed by atoms with Crippen LogP contribution in [0.15, 0.2) is 58.4 Å². The van der Waals surface area contributed by atoms with E-state index in [2.05, 4.69) is 40.2 Å². The number of rotatable bonds is 3. The van der Waals surface area contributed by atoms with Crippen molar-refractivity contribution in [3.05, 3.63) is 74.6 Å². The fraction of sp³-hybridized carbons (Fsp3) is 0.273. The molecule has 3 nitrogen and oxygen atoms in total. The Balaban J connectivity index is 1.37. The van der Waals surface area contributed by atoms with Crippen molar-refractivity contribution in [1.29, 1.82) is 0 Å². The van der Waals surface area contributed by atoms with Crippen LogP contribution in [-0.2, 0) is 11.2 Å². The first-order valence-electron chi connectivity index (χ1n) is 9.35. The highest BCUT2D eigenvalue weighted by molar-refractivity contribution is 8.18. The van der Waals surface area contributed by atoms with Crippen LogP contribution < -0.4 is 0 Å². The number of benzene rings is 2. The van der Waals surface area contributed by atoms with Gasteiger partial charge in [-0.25, -0.2) is 0 Å². The van der Waals surface area contributed by atoms with Gasteiger partial charge in [0.1, 0.15) is 0 Å². The zero-order chi connectivity index (χ0) is 19.5. The minimum atomic E-state index is -0.197. The Morgan fingerprint density at radius 2 is 1.86 bits per heavy atom. The van der Waals surface area contributed by atoms with Crippen molar-refractivity contribution in [2.45, 2.75) is 19.3 Å². The van der Waals surface area contributed by atoms with Gasteiger partial charge < -0.3 is 4.90 Å². The Bertz CT molecular complexity index is 935. The lowest BCUT2D eigenvalue weighted by Gasteiger charge is -2.32. The van der Waals surface area contributed by atoms with E-state index in [1.807, 2.05) is 6.07 Å². The Morgan fingerprint density at radius 3 is 2.57 bits per heavy atom. The lowest BCUT2D eigenvalue weighted by Crippen LogP contribution is -2.37. The molecule has 2 heterocycles. The van der Waals surface area contributed by atoms with Crippen LogP contribution in [-0.4, -0.2) is 29.1 Å². The van der Waals surface area contributed by atoms with E-state index in [0.29, 0.717) is 20.9 Å². The van der Waals surface area contributed by atoms with Crippen LogP contribution in [0.5, 0.6) is 0 Å². The van der Waals surface area contributed by atoms with E-state index in [9.17, 15) is 4.79 Å². The largest absolute Gasteiger partial charge is 0.351 e. The molecule has 6 heteroatoms. The molecule has 4 rings (SSSR count). The smallest absolute Gasteiger partial charge is 0.286 e. The van der Waals surface area contributed by atoms with Gasteiger partial charge in [-0.1, -0.05) is 59.6 Å². The van der Waals surface area contributed by atoms with Crippen LogP contribution >= 0.6 is 35.0 Å². The molecular weight excluding hydrogens is 411 g/mol. The van der Waals surface area contributed by atoms with Gasteiger partial charge in [0.25, 0.3) is 5.91 Å². The highest BCUT2D eigenvalue weighted by Gasteiger charge is 2.29. The van der Waals surface area contributed by atoms with Gasteiger partial charge in [0, 0.05) is 23.1 Å². The molecule has 0 atom stereocenters. The molecule has 0 spiro atoms. The van der Waals surface area contributed by atoms with Crippen LogP contribution in [0.3, 0.4) is 0 Å². The quantitative estimate of drug-likeness (QED) is 0.566. The minimum Gasteiger partial charge on any atom is -0.351 e. The van der Waals surface area contributed by atoms with E-state index in [4.69, 9.17) is 23.2 Å². The highest BCUT2D eigenvalue weighted by atomic mass is 35.5. The summed E-state index contributed by atoms with van der Waals surface area (Å²) in [5.41, 5.74) is 2.17. The number of likely N-dealkylation sites (tertiary alicyclic amines) is 1. The van der Waals surface area contributed by atoms with Crippen molar-refractivity contribution in [3.8, 4) is 0 Å². The van der Waals surface area contributed by atoms with Crippen molar-refractivity contribution in [1.82, 2.24) is 4.90 Å². The molecule has 0 saturated carbocycles. The number of halogens is 2. The number of carbonyl (C=O) groups excluding carboxylic acids is 1. The number of amidine groups is 1. The van der Waals surface area contributed by atoms with E-state index in [1.165, 1.54) is 17.3 Å². The Hall–Kier alpha value is -1.75. The second-order valence-electron chi connectivity index (χ2n) is 7.10. The summed E-state index contributed by atoms with van der Waals surface area (Å²) in [6.45, 7) is 1.87. The molecule has 2 aromatic rings. The molecule has 1 saturated heterocycles. The zero-order valence-electron chi connectivity index (χ0n) is 15.3. The first-order chi connectivity index (χ1) is 13.6. The van der Waals surface area contributed by atoms with Gasteiger partial charge in [0.15, 0.2) is 5.17 Å². The summed E-state index contributed by atoms with van der Waals surface area (Å²) in [6.07, 6.45) is 5.15. The molecule has 0 radical (unpaired) electrons. The van der Waals surface area contributed by atoms with Gasteiger partial charge in [0.2, 0.25) is 0 Å². The average Bonchev–Trinajstić information content (AvgIpc) is 3.06. The summed E-state index contributed by atoms with van der Waals surface area (Å²) in [7, 11) is 0. The average molecular weight is 431 g/mol. The first kappa shape index (κ1) is 19.6. The van der Waals surface area contributed by atoms with E-state index >= 15 is 0 Å². The van der Waals surface area contributed by atoms with Gasteiger partial charge in [-0.15, -0.1) is 0 Å². The summed E-state index contributed by atoms with van der Waals surface area (Å²) in [5, 5.41) is 1.91. The minimum absolute atomic E-state index is 0.197. The molecule has 2 aliphatic heterocycles. The molecule has 0 aliphatic carbocycles. The maximum absolute atomic E-state index is 12.3. The number of piperidine rings is 1. The maximum Gasteiger partial charge on any atom is 0.286 e. The van der Waals surface area contributed by atoms with Crippen LogP contribution in [0.2, 0.25) is 10.0 Å². The molecule has 28 heavy (non-hydrogen) atoms. The molecule has 0 N–H and O–H groups in total. The SMILES string of the molecule is O=C1N=C(N2CCC(Cc3ccccc3)CC2)SC1=Cc1ccc(Cl)cc1Cl. The summed E-state index contributed by atoms with van der Waals surface area (Å²) in [4.78, 5) is 19.5. The predicted octanol–water partition coefficient (Wildman–Crippen LogP) is 5.92. The molecule has 1 amide bonds. The highest BCUT2D eigenvalue weighted by Crippen LogP contribution is 2.34. The zero-order valence-corrected chi connectivity index (χ0v) is 17.6. The van der Waals surface area contributed by atoms with Gasteiger partial charge >= 0.3 is 0 Å². The Morgan fingerprint density at radius 1 is 1.11 bits per heavy atom. The third-order valence-corrected chi connectivity index (χ3v) is 6.72. The van der Waals surface area contributed by atoms with Crippen molar-refractivity contribution in [2.75, 3.05) is 13.1 Å². The number of hydrogen-bond acceptors (Lipinski definition) is 3. The molecule has 2 aromatic carbocycles. The van der Waals surface area contributed by atoms with Gasteiger partial charge in [-0.3, -0.25) is 4.79 Å². The summed E-state index contributed by atoms with van der Waals surface area (Å²) in [5.74, 6) is 0.488. The van der Waals surface area contributed by atoms with Crippen molar-refractivity contribution >= 4 is 52.1 Å². The normalized spacial score (nSPS) is 19.4. The molecule has 2 aliphatic rings. The summed E-state index contributed by atoms with van der Waals surface area (Å²) < 4.78 is 0. The van der Waals surface area contributed by atoms with Gasteiger partial charge in [-0.05, 0) is 66.3 Å². The van der Waals surface area contributed by atoms with E-state index < -0.39 is 0 Å². The molecule has 0 unspecified atom stereocenters. The standard InChI is InChI=1S/C22H20Cl2N2OS/c23-18-7-6-17(19(24)14-18)13-20-21(27)25-22(28-20)26-10-8-16(9-11-26)12-15-4-2-1-3-5-15/h1-7,13-14,16H,8-12H2. The lowest BCUT2D eigenvalue weighted by molar-refractivity contribution is -0.113. The number of aliphatic imine (C=N–C) groups is 1. The predicted molar refractivity (Wildman–Crippen MR) is 119 cm³/mol. The number of thioether (sulfide) groups is 1. The number of amides is 1.